The summed E-state index contributed by atoms with van der Waals surface area (Å²) >= 11 is 0. The first kappa shape index (κ1) is 17.9. The van der Waals surface area contributed by atoms with Gasteiger partial charge in [0, 0.05) is 12.5 Å². The second-order valence-corrected chi connectivity index (χ2v) is 5.77. The van der Waals surface area contributed by atoms with Gasteiger partial charge in [0.1, 0.15) is 11.5 Å². The molecule has 0 saturated heterocycles. The van der Waals surface area contributed by atoms with Crippen molar-refractivity contribution >= 4 is 0 Å². The molecule has 3 nitrogen and oxygen atoms in total. The van der Waals surface area contributed by atoms with Crippen LogP contribution in [0.15, 0.2) is 78.9 Å². The fourth-order valence-electron chi connectivity index (χ4n) is 2.48. The highest BCUT2D eigenvalue weighted by Crippen LogP contribution is 2.37. The maximum atomic E-state index is 12.6. The van der Waals surface area contributed by atoms with Crippen LogP contribution < -0.4 is 15.2 Å². The summed E-state index contributed by atoms with van der Waals surface area (Å²) in [5.41, 5.74) is 6.45. The number of para-hydroxylation sites is 2. The molecular weight excluding hydrogens is 336 g/mol. The van der Waals surface area contributed by atoms with Gasteiger partial charge in [-0.2, -0.15) is 0 Å². The minimum Gasteiger partial charge on any atom is -0.453 e. The molecule has 0 heterocycles. The molecule has 0 aliphatic heterocycles. The minimum atomic E-state index is -2.47. The number of hydrogen-bond donors (Lipinski definition) is 1. The molecule has 5 heteroatoms. The van der Waals surface area contributed by atoms with Gasteiger partial charge in [-0.1, -0.05) is 42.5 Å². The van der Waals surface area contributed by atoms with E-state index in [2.05, 4.69) is 0 Å². The summed E-state index contributed by atoms with van der Waals surface area (Å²) in [6, 6.07) is 22.7. The number of hydrogen-bond acceptors (Lipinski definition) is 3. The predicted molar refractivity (Wildman–Crippen MR) is 97.0 cm³/mol. The van der Waals surface area contributed by atoms with Crippen LogP contribution in [0.25, 0.3) is 0 Å². The van der Waals surface area contributed by atoms with E-state index in [-0.39, 0.29) is 0 Å². The van der Waals surface area contributed by atoms with Crippen molar-refractivity contribution in [1.29, 1.82) is 0 Å². The molecule has 0 aliphatic rings. The van der Waals surface area contributed by atoms with E-state index in [0.717, 1.165) is 0 Å². The van der Waals surface area contributed by atoms with Crippen molar-refractivity contribution in [3.05, 3.63) is 84.4 Å². The molecule has 0 aliphatic carbocycles. The molecule has 0 fully saturated rings. The first-order valence-electron chi connectivity index (χ1n) is 8.25. The Labute approximate surface area is 151 Å². The second kappa shape index (κ2) is 8.45. The molecule has 0 unspecified atom stereocenters. The molecule has 1 atom stereocenters. The minimum absolute atomic E-state index is 0.413. The molecule has 0 spiro atoms. The highest BCUT2D eigenvalue weighted by Gasteiger charge is 2.16. The second-order valence-electron chi connectivity index (χ2n) is 5.77. The van der Waals surface area contributed by atoms with E-state index in [4.69, 9.17) is 15.2 Å². The molecule has 26 heavy (non-hydrogen) atoms. The molecule has 134 valence electrons. The Kier molecular flexibility index (Phi) is 5.81. The van der Waals surface area contributed by atoms with Crippen LogP contribution in [0.3, 0.4) is 0 Å². The number of rotatable bonds is 7. The Hall–Kier alpha value is -2.92. The van der Waals surface area contributed by atoms with Gasteiger partial charge in [-0.05, 0) is 42.0 Å². The molecule has 3 rings (SSSR count). The third kappa shape index (κ3) is 4.80. The van der Waals surface area contributed by atoms with Crippen LogP contribution in [0.5, 0.6) is 23.0 Å². The van der Waals surface area contributed by atoms with Crippen molar-refractivity contribution in [3.63, 3.8) is 0 Å². The monoisotopic (exact) mass is 355 g/mol. The zero-order valence-corrected chi connectivity index (χ0v) is 14.0. The van der Waals surface area contributed by atoms with Crippen molar-refractivity contribution in [2.45, 2.75) is 18.9 Å². The summed E-state index contributed by atoms with van der Waals surface area (Å²) in [5, 5.41) is 0. The number of benzene rings is 3. The number of alkyl halides is 2. The highest BCUT2D eigenvalue weighted by molar-refractivity contribution is 5.48. The summed E-state index contributed by atoms with van der Waals surface area (Å²) < 4.78 is 37.1. The largest absolute Gasteiger partial charge is 0.453 e. The summed E-state index contributed by atoms with van der Waals surface area (Å²) in [5.74, 6) is 2.16. The van der Waals surface area contributed by atoms with Crippen molar-refractivity contribution < 1.29 is 18.3 Å². The fourth-order valence-corrected chi connectivity index (χ4v) is 2.48. The Morgan fingerprint density at radius 1 is 0.731 bits per heavy atom. The van der Waals surface area contributed by atoms with Gasteiger partial charge < -0.3 is 15.2 Å². The van der Waals surface area contributed by atoms with Crippen molar-refractivity contribution in [3.8, 4) is 23.0 Å². The lowest BCUT2D eigenvalue weighted by molar-refractivity contribution is 0.128. The molecule has 0 saturated carbocycles. The van der Waals surface area contributed by atoms with Gasteiger partial charge in [0.25, 0.3) is 0 Å². The van der Waals surface area contributed by atoms with Gasteiger partial charge in [0.15, 0.2) is 11.5 Å². The lowest BCUT2D eigenvalue weighted by atomic mass is 10.0. The first-order valence-corrected chi connectivity index (χ1v) is 8.25. The van der Waals surface area contributed by atoms with E-state index in [1.165, 1.54) is 0 Å². The molecular formula is C21H19F2NO2. The van der Waals surface area contributed by atoms with Gasteiger partial charge >= 0.3 is 0 Å². The maximum absolute atomic E-state index is 12.6. The SMILES string of the molecule is N[C@H](CC(F)F)c1ccc(Oc2ccccc2)c(Oc2ccccc2)c1. The maximum Gasteiger partial charge on any atom is 0.240 e. The fraction of sp³-hybridized carbons (Fsp3) is 0.143. The average molecular weight is 355 g/mol. The normalized spacial score (nSPS) is 12.0. The quantitative estimate of drug-likeness (QED) is 0.571. The van der Waals surface area contributed by atoms with Gasteiger partial charge in [0.05, 0.1) is 0 Å². The summed E-state index contributed by atoms with van der Waals surface area (Å²) in [6.07, 6.45) is -2.88. The predicted octanol–water partition coefficient (Wildman–Crippen LogP) is 5.93. The van der Waals surface area contributed by atoms with Gasteiger partial charge in [-0.15, -0.1) is 0 Å². The van der Waals surface area contributed by atoms with Gasteiger partial charge in [0.2, 0.25) is 6.43 Å². The van der Waals surface area contributed by atoms with Crippen LogP contribution in [-0.2, 0) is 0 Å². The van der Waals surface area contributed by atoms with Crippen molar-refractivity contribution in [2.75, 3.05) is 0 Å². The third-order valence-electron chi connectivity index (χ3n) is 3.77. The van der Waals surface area contributed by atoms with E-state index in [9.17, 15) is 8.78 Å². The Bertz CT molecular complexity index is 826. The number of nitrogens with two attached hydrogens (primary N) is 1. The van der Waals surface area contributed by atoms with Gasteiger partial charge in [-0.3, -0.25) is 0 Å². The van der Waals surface area contributed by atoms with E-state index in [1.54, 1.807) is 30.3 Å². The Morgan fingerprint density at radius 2 is 1.27 bits per heavy atom. The molecule has 3 aromatic rings. The number of halogens is 2. The molecule has 3 aromatic carbocycles. The van der Waals surface area contributed by atoms with Crippen LogP contribution in [0.4, 0.5) is 8.78 Å². The van der Waals surface area contributed by atoms with Crippen molar-refractivity contribution in [1.82, 2.24) is 0 Å². The van der Waals surface area contributed by atoms with E-state index in [0.29, 0.717) is 28.6 Å². The van der Waals surface area contributed by atoms with Crippen LogP contribution in [-0.4, -0.2) is 6.43 Å². The van der Waals surface area contributed by atoms with Crippen LogP contribution in [0, 0.1) is 0 Å². The van der Waals surface area contributed by atoms with E-state index in [1.807, 2.05) is 48.5 Å². The molecule has 0 bridgehead atoms. The smallest absolute Gasteiger partial charge is 0.240 e. The Balaban J connectivity index is 1.91. The van der Waals surface area contributed by atoms with Crippen molar-refractivity contribution in [2.24, 2.45) is 5.73 Å². The standard InChI is InChI=1S/C21H19F2NO2/c22-21(23)14-18(24)15-11-12-19(25-16-7-3-1-4-8-16)20(13-15)26-17-9-5-2-6-10-17/h1-13,18,21H,14,24H2/t18-/m1/s1. The molecule has 0 radical (unpaired) electrons. The zero-order chi connectivity index (χ0) is 18.4. The summed E-state index contributed by atoms with van der Waals surface area (Å²) in [7, 11) is 0. The molecule has 2 N–H and O–H groups in total. The van der Waals surface area contributed by atoms with E-state index < -0.39 is 18.9 Å². The van der Waals surface area contributed by atoms with Crippen LogP contribution in [0.1, 0.15) is 18.0 Å². The third-order valence-corrected chi connectivity index (χ3v) is 3.77. The highest BCUT2D eigenvalue weighted by atomic mass is 19.3. The van der Waals surface area contributed by atoms with Crippen LogP contribution in [0.2, 0.25) is 0 Å². The lowest BCUT2D eigenvalue weighted by Crippen LogP contribution is -2.14. The summed E-state index contributed by atoms with van der Waals surface area (Å²) in [6.45, 7) is 0. The topological polar surface area (TPSA) is 44.5 Å². The lowest BCUT2D eigenvalue weighted by Gasteiger charge is -2.17. The summed E-state index contributed by atoms with van der Waals surface area (Å²) in [4.78, 5) is 0. The molecule has 0 amide bonds. The Morgan fingerprint density at radius 3 is 1.81 bits per heavy atom. The number of ether oxygens (including phenoxy) is 2. The average Bonchev–Trinajstić information content (AvgIpc) is 2.64. The van der Waals surface area contributed by atoms with Crippen LogP contribution >= 0.6 is 0 Å². The van der Waals surface area contributed by atoms with E-state index >= 15 is 0 Å². The molecule has 0 aromatic heterocycles. The van der Waals surface area contributed by atoms with Gasteiger partial charge in [-0.25, -0.2) is 8.78 Å². The zero-order valence-electron chi connectivity index (χ0n) is 14.0. The first-order chi connectivity index (χ1) is 12.6.